The van der Waals surface area contributed by atoms with E-state index in [0.717, 1.165) is 12.8 Å². The Balaban J connectivity index is 2.21. The Kier molecular flexibility index (Phi) is 5.07. The minimum Gasteiger partial charge on any atom is -0.341 e. The number of carbonyl (C=O) groups is 1. The van der Waals surface area contributed by atoms with Crippen molar-refractivity contribution in [2.24, 2.45) is 0 Å². The van der Waals surface area contributed by atoms with Gasteiger partial charge in [-0.3, -0.25) is 4.79 Å². The van der Waals surface area contributed by atoms with Crippen LogP contribution in [0.25, 0.3) is 0 Å². The number of nitriles is 1. The van der Waals surface area contributed by atoms with E-state index in [0.29, 0.717) is 6.42 Å². The van der Waals surface area contributed by atoms with Crippen molar-refractivity contribution in [3.63, 3.8) is 0 Å². The molecule has 1 rings (SSSR count). The highest BCUT2D eigenvalue weighted by Gasteiger charge is 2.05. The average molecular weight is 216 g/mol. The summed E-state index contributed by atoms with van der Waals surface area (Å²) < 4.78 is 0. The van der Waals surface area contributed by atoms with Gasteiger partial charge in [0, 0.05) is 6.42 Å². The predicted octanol–water partition coefficient (Wildman–Crippen LogP) is 2.04. The van der Waals surface area contributed by atoms with E-state index in [1.165, 1.54) is 5.56 Å². The van der Waals surface area contributed by atoms with Gasteiger partial charge < -0.3 is 5.32 Å². The van der Waals surface area contributed by atoms with Gasteiger partial charge in [-0.25, -0.2) is 0 Å². The van der Waals surface area contributed by atoms with Crippen LogP contribution in [0.4, 0.5) is 0 Å². The van der Waals surface area contributed by atoms with E-state index in [1.54, 1.807) is 6.92 Å². The molecular formula is C13H16N2O. The first-order valence-corrected chi connectivity index (χ1v) is 5.45. The maximum Gasteiger partial charge on any atom is 0.221 e. The molecule has 0 fully saturated rings. The highest BCUT2D eigenvalue weighted by atomic mass is 16.1. The van der Waals surface area contributed by atoms with Crippen LogP contribution in [0, 0.1) is 11.3 Å². The second-order valence-corrected chi connectivity index (χ2v) is 3.76. The molecule has 0 saturated carbocycles. The van der Waals surface area contributed by atoms with Crippen molar-refractivity contribution in [3.8, 4) is 6.07 Å². The third-order valence-electron chi connectivity index (χ3n) is 2.28. The minimum atomic E-state index is -0.399. The van der Waals surface area contributed by atoms with Gasteiger partial charge in [0.1, 0.15) is 6.04 Å². The van der Waals surface area contributed by atoms with Gasteiger partial charge in [-0.05, 0) is 25.3 Å². The van der Waals surface area contributed by atoms with Gasteiger partial charge in [-0.2, -0.15) is 5.26 Å². The lowest BCUT2D eigenvalue weighted by atomic mass is 10.1. The van der Waals surface area contributed by atoms with E-state index >= 15 is 0 Å². The molecule has 0 spiro atoms. The molecule has 0 heterocycles. The molecule has 0 radical (unpaired) electrons. The first-order chi connectivity index (χ1) is 7.72. The molecule has 1 unspecified atom stereocenters. The quantitative estimate of drug-likeness (QED) is 0.818. The number of nitrogens with one attached hydrogen (secondary N) is 1. The van der Waals surface area contributed by atoms with E-state index in [2.05, 4.69) is 17.4 Å². The summed E-state index contributed by atoms with van der Waals surface area (Å²) in [6.07, 6.45) is 2.18. The van der Waals surface area contributed by atoms with E-state index in [9.17, 15) is 4.79 Å². The van der Waals surface area contributed by atoms with Crippen molar-refractivity contribution in [1.82, 2.24) is 5.32 Å². The summed E-state index contributed by atoms with van der Waals surface area (Å²) in [5.41, 5.74) is 1.24. The second kappa shape index (κ2) is 6.62. The van der Waals surface area contributed by atoms with Crippen molar-refractivity contribution >= 4 is 5.91 Å². The van der Waals surface area contributed by atoms with Crippen molar-refractivity contribution in [3.05, 3.63) is 35.9 Å². The van der Waals surface area contributed by atoms with Gasteiger partial charge in [0.05, 0.1) is 6.07 Å². The van der Waals surface area contributed by atoms with Crippen molar-refractivity contribution in [1.29, 1.82) is 5.26 Å². The first-order valence-electron chi connectivity index (χ1n) is 5.45. The van der Waals surface area contributed by atoms with Crippen LogP contribution in [-0.2, 0) is 11.2 Å². The number of rotatable bonds is 5. The first kappa shape index (κ1) is 12.3. The van der Waals surface area contributed by atoms with Crippen LogP contribution in [0.3, 0.4) is 0 Å². The van der Waals surface area contributed by atoms with Crippen molar-refractivity contribution in [2.75, 3.05) is 0 Å². The molecule has 0 aliphatic heterocycles. The summed E-state index contributed by atoms with van der Waals surface area (Å²) in [7, 11) is 0. The fourth-order valence-corrected chi connectivity index (χ4v) is 1.44. The van der Waals surface area contributed by atoms with Crippen LogP contribution in [0.2, 0.25) is 0 Å². The highest BCUT2D eigenvalue weighted by molar-refractivity contribution is 5.76. The number of hydrogen-bond acceptors (Lipinski definition) is 2. The van der Waals surface area contributed by atoms with Crippen LogP contribution in [-0.4, -0.2) is 11.9 Å². The molecule has 84 valence electrons. The topological polar surface area (TPSA) is 52.9 Å². The molecule has 3 nitrogen and oxygen atoms in total. The molecule has 1 atom stereocenters. The zero-order valence-corrected chi connectivity index (χ0v) is 9.44. The van der Waals surface area contributed by atoms with Crippen LogP contribution in [0.1, 0.15) is 25.3 Å². The molecular weight excluding hydrogens is 200 g/mol. The van der Waals surface area contributed by atoms with Crippen LogP contribution < -0.4 is 5.32 Å². The van der Waals surface area contributed by atoms with E-state index in [1.807, 2.05) is 24.3 Å². The van der Waals surface area contributed by atoms with Crippen molar-refractivity contribution in [2.45, 2.75) is 32.2 Å². The third-order valence-corrected chi connectivity index (χ3v) is 2.28. The van der Waals surface area contributed by atoms with Gasteiger partial charge in [0.25, 0.3) is 0 Å². The predicted molar refractivity (Wildman–Crippen MR) is 62.6 cm³/mol. The Morgan fingerprint density at radius 3 is 2.75 bits per heavy atom. The number of nitrogens with zero attached hydrogens (tertiary/aromatic N) is 1. The van der Waals surface area contributed by atoms with Gasteiger partial charge in [-0.1, -0.05) is 30.3 Å². The summed E-state index contributed by atoms with van der Waals surface area (Å²) in [6, 6.07) is 11.6. The molecule has 1 aromatic carbocycles. The standard InChI is InChI=1S/C13H16N2O/c1-11(10-14)15-13(16)9-5-8-12-6-3-2-4-7-12/h2-4,6-7,11H,5,8-9H2,1H3,(H,15,16). The molecule has 0 aliphatic carbocycles. The lowest BCUT2D eigenvalue weighted by molar-refractivity contribution is -0.121. The number of benzene rings is 1. The van der Waals surface area contributed by atoms with Gasteiger partial charge in [-0.15, -0.1) is 0 Å². The van der Waals surface area contributed by atoms with E-state index in [4.69, 9.17) is 5.26 Å². The maximum atomic E-state index is 11.3. The Morgan fingerprint density at radius 2 is 2.12 bits per heavy atom. The van der Waals surface area contributed by atoms with Crippen molar-refractivity contribution < 1.29 is 4.79 Å². The smallest absolute Gasteiger partial charge is 0.221 e. The van der Waals surface area contributed by atoms with Gasteiger partial charge in [0.2, 0.25) is 5.91 Å². The minimum absolute atomic E-state index is 0.0509. The molecule has 0 bridgehead atoms. The zero-order chi connectivity index (χ0) is 11.8. The second-order valence-electron chi connectivity index (χ2n) is 3.76. The molecule has 3 heteroatoms. The number of hydrogen-bond donors (Lipinski definition) is 1. The largest absolute Gasteiger partial charge is 0.341 e. The summed E-state index contributed by atoms with van der Waals surface area (Å²) in [5.74, 6) is -0.0509. The van der Waals surface area contributed by atoms with Crippen LogP contribution >= 0.6 is 0 Å². The average Bonchev–Trinajstić information content (AvgIpc) is 2.30. The SMILES string of the molecule is CC(C#N)NC(=O)CCCc1ccccc1. The number of amides is 1. The summed E-state index contributed by atoms with van der Waals surface area (Å²) >= 11 is 0. The van der Waals surface area contributed by atoms with Crippen LogP contribution in [0.15, 0.2) is 30.3 Å². The molecule has 16 heavy (non-hydrogen) atoms. The fourth-order valence-electron chi connectivity index (χ4n) is 1.44. The maximum absolute atomic E-state index is 11.3. The van der Waals surface area contributed by atoms with Gasteiger partial charge >= 0.3 is 0 Å². The Morgan fingerprint density at radius 1 is 1.44 bits per heavy atom. The molecule has 0 saturated heterocycles. The van der Waals surface area contributed by atoms with E-state index < -0.39 is 6.04 Å². The summed E-state index contributed by atoms with van der Waals surface area (Å²) in [6.45, 7) is 1.68. The third kappa shape index (κ3) is 4.61. The Bertz CT molecular complexity index is 367. The fraction of sp³-hybridized carbons (Fsp3) is 0.385. The highest BCUT2D eigenvalue weighted by Crippen LogP contribution is 2.04. The van der Waals surface area contributed by atoms with Crippen LogP contribution in [0.5, 0.6) is 0 Å². The number of aryl methyl sites for hydroxylation is 1. The number of carbonyl (C=O) groups excluding carboxylic acids is 1. The molecule has 1 amide bonds. The molecule has 0 aromatic heterocycles. The van der Waals surface area contributed by atoms with E-state index in [-0.39, 0.29) is 5.91 Å². The normalized spacial score (nSPS) is 11.5. The lowest BCUT2D eigenvalue weighted by Gasteiger charge is -2.06. The monoisotopic (exact) mass is 216 g/mol. The Hall–Kier alpha value is -1.82. The Labute approximate surface area is 96.1 Å². The zero-order valence-electron chi connectivity index (χ0n) is 9.44. The summed E-state index contributed by atoms with van der Waals surface area (Å²) in [5, 5.41) is 11.1. The molecule has 0 aliphatic rings. The molecule has 1 N–H and O–H groups in total. The lowest BCUT2D eigenvalue weighted by Crippen LogP contribution is -2.31. The summed E-state index contributed by atoms with van der Waals surface area (Å²) in [4.78, 5) is 11.3. The van der Waals surface area contributed by atoms with Gasteiger partial charge in [0.15, 0.2) is 0 Å². The molecule has 1 aromatic rings.